The quantitative estimate of drug-likeness (QED) is 0.607. The summed E-state index contributed by atoms with van der Waals surface area (Å²) in [6.07, 6.45) is 0. The summed E-state index contributed by atoms with van der Waals surface area (Å²) in [4.78, 5) is 10.8. The molecule has 7 nitrogen and oxygen atoms in total. The molecule has 0 aliphatic heterocycles. The molecule has 1 rings (SSSR count). The number of ether oxygens (including phenoxy) is 1. The summed E-state index contributed by atoms with van der Waals surface area (Å²) in [6.45, 7) is 8.77. The van der Waals surface area contributed by atoms with Crippen LogP contribution in [-0.2, 0) is 4.74 Å². The molecule has 0 aliphatic rings. The van der Waals surface area contributed by atoms with Crippen molar-refractivity contribution in [2.75, 3.05) is 25.6 Å². The van der Waals surface area contributed by atoms with Crippen LogP contribution < -0.4 is 5.32 Å². The zero-order valence-corrected chi connectivity index (χ0v) is 12.1. The molecule has 0 saturated carbocycles. The van der Waals surface area contributed by atoms with Gasteiger partial charge in [0.15, 0.2) is 0 Å². The van der Waals surface area contributed by atoms with Gasteiger partial charge in [-0.3, -0.25) is 10.1 Å². The van der Waals surface area contributed by atoms with E-state index in [0.717, 1.165) is 0 Å². The minimum absolute atomic E-state index is 0.0540. The predicted octanol–water partition coefficient (Wildman–Crippen LogP) is 2.38. The van der Waals surface area contributed by atoms with Gasteiger partial charge >= 0.3 is 5.69 Å². The van der Waals surface area contributed by atoms with Gasteiger partial charge in [-0.1, -0.05) is 6.92 Å². The van der Waals surface area contributed by atoms with E-state index in [2.05, 4.69) is 10.4 Å². The molecule has 0 aromatic carbocycles. The second kappa shape index (κ2) is 6.51. The van der Waals surface area contributed by atoms with Crippen LogP contribution in [0.4, 0.5) is 11.5 Å². The average molecular weight is 270 g/mol. The Balaban J connectivity index is 2.99. The van der Waals surface area contributed by atoms with Crippen molar-refractivity contribution in [2.45, 2.75) is 33.7 Å². The summed E-state index contributed by atoms with van der Waals surface area (Å²) in [5.41, 5.74) is 0.485. The lowest BCUT2D eigenvalue weighted by molar-refractivity contribution is -0.384. The van der Waals surface area contributed by atoms with Crippen LogP contribution in [-0.4, -0.2) is 35.0 Å². The van der Waals surface area contributed by atoms with Gasteiger partial charge in [0.2, 0.25) is 5.82 Å². The molecule has 1 atom stereocenters. The molecular formula is C12H22N4O3. The van der Waals surface area contributed by atoms with E-state index in [1.807, 2.05) is 20.8 Å². The first-order chi connectivity index (χ1) is 8.88. The standard InChI is InChI=1S/C12H22N4O3/c1-8(2)15-12(13-6-9(3)7-19-5)11(16(17)18)10(4)14-15/h8-9,13H,6-7H2,1-5H3. The molecule has 0 amide bonds. The summed E-state index contributed by atoms with van der Waals surface area (Å²) in [6, 6.07) is 0.0626. The van der Waals surface area contributed by atoms with Crippen LogP contribution in [0.3, 0.4) is 0 Å². The fraction of sp³-hybridized carbons (Fsp3) is 0.750. The van der Waals surface area contributed by atoms with Crippen molar-refractivity contribution in [2.24, 2.45) is 5.92 Å². The highest BCUT2D eigenvalue weighted by molar-refractivity contribution is 5.59. The van der Waals surface area contributed by atoms with E-state index in [9.17, 15) is 10.1 Å². The molecular weight excluding hydrogens is 248 g/mol. The van der Waals surface area contributed by atoms with E-state index in [1.54, 1.807) is 18.7 Å². The van der Waals surface area contributed by atoms with Crippen molar-refractivity contribution < 1.29 is 9.66 Å². The van der Waals surface area contributed by atoms with Crippen LogP contribution in [0.5, 0.6) is 0 Å². The van der Waals surface area contributed by atoms with Crippen molar-refractivity contribution >= 4 is 11.5 Å². The molecule has 0 spiro atoms. The Morgan fingerprint density at radius 3 is 2.58 bits per heavy atom. The number of anilines is 1. The fourth-order valence-electron chi connectivity index (χ4n) is 1.91. The highest BCUT2D eigenvalue weighted by Crippen LogP contribution is 2.30. The Hall–Kier alpha value is -1.63. The lowest BCUT2D eigenvalue weighted by atomic mass is 10.2. The number of hydrogen-bond acceptors (Lipinski definition) is 5. The predicted molar refractivity (Wildman–Crippen MR) is 73.5 cm³/mol. The molecule has 108 valence electrons. The lowest BCUT2D eigenvalue weighted by Crippen LogP contribution is -2.19. The third-order valence-corrected chi connectivity index (χ3v) is 2.79. The monoisotopic (exact) mass is 270 g/mol. The van der Waals surface area contributed by atoms with E-state index in [4.69, 9.17) is 4.74 Å². The van der Waals surface area contributed by atoms with E-state index >= 15 is 0 Å². The third kappa shape index (κ3) is 3.66. The van der Waals surface area contributed by atoms with Crippen molar-refractivity contribution in [3.63, 3.8) is 0 Å². The van der Waals surface area contributed by atoms with Gasteiger partial charge in [0, 0.05) is 19.7 Å². The van der Waals surface area contributed by atoms with Crippen molar-refractivity contribution in [1.29, 1.82) is 0 Å². The maximum absolute atomic E-state index is 11.1. The number of aryl methyl sites for hydroxylation is 1. The van der Waals surface area contributed by atoms with E-state index in [1.165, 1.54) is 0 Å². The molecule has 1 heterocycles. The molecule has 1 aromatic heterocycles. The Morgan fingerprint density at radius 1 is 1.47 bits per heavy atom. The summed E-state index contributed by atoms with van der Waals surface area (Å²) in [5.74, 6) is 0.737. The van der Waals surface area contributed by atoms with Crippen LogP contribution in [0.2, 0.25) is 0 Å². The molecule has 1 N–H and O–H groups in total. The topological polar surface area (TPSA) is 82.2 Å². The minimum Gasteiger partial charge on any atom is -0.384 e. The number of hydrogen-bond donors (Lipinski definition) is 1. The number of rotatable bonds is 7. The second-order valence-corrected chi connectivity index (χ2v) is 5.02. The number of aromatic nitrogens is 2. The number of nitrogens with zero attached hydrogens (tertiary/aromatic N) is 3. The van der Waals surface area contributed by atoms with Gasteiger partial charge in [-0.05, 0) is 26.7 Å². The Morgan fingerprint density at radius 2 is 2.11 bits per heavy atom. The SMILES string of the molecule is COCC(C)CNc1c([N+](=O)[O-])c(C)nn1C(C)C. The van der Waals surface area contributed by atoms with Gasteiger partial charge in [0.25, 0.3) is 0 Å². The molecule has 1 unspecified atom stereocenters. The molecule has 0 radical (unpaired) electrons. The van der Waals surface area contributed by atoms with Gasteiger partial charge in [0.05, 0.1) is 11.5 Å². The van der Waals surface area contributed by atoms with Crippen molar-refractivity contribution in [1.82, 2.24) is 9.78 Å². The van der Waals surface area contributed by atoms with Crippen LogP contribution in [0.25, 0.3) is 0 Å². The molecule has 0 bridgehead atoms. The second-order valence-electron chi connectivity index (χ2n) is 5.02. The van der Waals surface area contributed by atoms with Crippen LogP contribution in [0, 0.1) is 23.0 Å². The van der Waals surface area contributed by atoms with Crippen LogP contribution in [0.15, 0.2) is 0 Å². The maximum atomic E-state index is 11.1. The minimum atomic E-state index is -0.384. The normalized spacial score (nSPS) is 12.7. The summed E-state index contributed by atoms with van der Waals surface area (Å²) < 4.78 is 6.72. The highest BCUT2D eigenvalue weighted by atomic mass is 16.6. The number of nitro groups is 1. The molecule has 19 heavy (non-hydrogen) atoms. The van der Waals surface area contributed by atoms with Gasteiger partial charge in [-0.25, -0.2) is 4.68 Å². The maximum Gasteiger partial charge on any atom is 0.333 e. The van der Waals surface area contributed by atoms with E-state index < -0.39 is 0 Å². The van der Waals surface area contributed by atoms with E-state index in [-0.39, 0.29) is 22.6 Å². The first kappa shape index (κ1) is 15.4. The summed E-state index contributed by atoms with van der Waals surface area (Å²) >= 11 is 0. The molecule has 0 fully saturated rings. The number of nitrogens with one attached hydrogen (secondary N) is 1. The fourth-order valence-corrected chi connectivity index (χ4v) is 1.91. The zero-order valence-electron chi connectivity index (χ0n) is 12.1. The van der Waals surface area contributed by atoms with Gasteiger partial charge < -0.3 is 10.1 Å². The average Bonchev–Trinajstić information content (AvgIpc) is 2.64. The van der Waals surface area contributed by atoms with Gasteiger partial charge in [-0.2, -0.15) is 5.10 Å². The number of methoxy groups -OCH3 is 1. The molecule has 0 saturated heterocycles. The Labute approximate surface area is 113 Å². The Kier molecular flexibility index (Phi) is 5.29. The van der Waals surface area contributed by atoms with Gasteiger partial charge in [0.1, 0.15) is 5.69 Å². The van der Waals surface area contributed by atoms with Crippen molar-refractivity contribution in [3.05, 3.63) is 15.8 Å². The smallest absolute Gasteiger partial charge is 0.333 e. The van der Waals surface area contributed by atoms with Crippen LogP contribution >= 0.6 is 0 Å². The van der Waals surface area contributed by atoms with Crippen LogP contribution in [0.1, 0.15) is 32.5 Å². The summed E-state index contributed by atoms with van der Waals surface area (Å²) in [5, 5.41) is 18.5. The molecule has 0 aliphatic carbocycles. The van der Waals surface area contributed by atoms with Gasteiger partial charge in [-0.15, -0.1) is 0 Å². The first-order valence-corrected chi connectivity index (χ1v) is 6.34. The molecule has 1 aromatic rings. The molecule has 7 heteroatoms. The highest BCUT2D eigenvalue weighted by Gasteiger charge is 2.26. The lowest BCUT2D eigenvalue weighted by Gasteiger charge is -2.15. The Bertz CT molecular complexity index is 442. The van der Waals surface area contributed by atoms with E-state index in [0.29, 0.717) is 24.7 Å². The zero-order chi connectivity index (χ0) is 14.6. The summed E-state index contributed by atoms with van der Waals surface area (Å²) in [7, 11) is 1.64. The first-order valence-electron chi connectivity index (χ1n) is 6.34. The third-order valence-electron chi connectivity index (χ3n) is 2.79. The van der Waals surface area contributed by atoms with Crippen molar-refractivity contribution in [3.8, 4) is 0 Å². The largest absolute Gasteiger partial charge is 0.384 e.